The molecule has 2 saturated heterocycles. The van der Waals surface area contributed by atoms with Gasteiger partial charge in [0.25, 0.3) is 0 Å². The molecule has 238 valence electrons. The van der Waals surface area contributed by atoms with E-state index in [1.54, 1.807) is 0 Å². The number of ether oxygens (including phenoxy) is 2. The number of epoxide rings is 2. The molecular weight excluding hydrogens is 488 g/mol. The highest BCUT2D eigenvalue weighted by atomic mass is 16.6. The molecule has 2 aliphatic heterocycles. The standard InChI is InChI=1S/C38H74O2/c1(3-5-7-9-11-13-15-17-19-21-23-25-27-29-31-33-37-35-39-37)2-4-6-8-10-12-14-16-18-20-22-24-26-28-30-32-34-38-36-40-38/h37-38H,1-36H2. The molecule has 2 unspecified atom stereocenters. The van der Waals surface area contributed by atoms with Crippen LogP contribution in [0.15, 0.2) is 0 Å². The fourth-order valence-electron chi connectivity index (χ4n) is 6.52. The minimum absolute atomic E-state index is 0.646. The summed E-state index contributed by atoms with van der Waals surface area (Å²) in [5.41, 5.74) is 0. The van der Waals surface area contributed by atoms with Crippen molar-refractivity contribution in [2.24, 2.45) is 0 Å². The first-order chi connectivity index (χ1) is 19.9. The van der Waals surface area contributed by atoms with Gasteiger partial charge in [-0.05, 0) is 12.8 Å². The van der Waals surface area contributed by atoms with E-state index in [9.17, 15) is 0 Å². The lowest BCUT2D eigenvalue weighted by atomic mass is 10.0. The maximum Gasteiger partial charge on any atom is 0.0810 e. The van der Waals surface area contributed by atoms with Crippen LogP contribution in [-0.4, -0.2) is 25.4 Å². The van der Waals surface area contributed by atoms with E-state index in [-0.39, 0.29) is 0 Å². The largest absolute Gasteiger partial charge is 0.373 e. The fraction of sp³-hybridized carbons (Fsp3) is 1.00. The molecule has 2 atom stereocenters. The van der Waals surface area contributed by atoms with Gasteiger partial charge in [-0.15, -0.1) is 0 Å². The van der Waals surface area contributed by atoms with E-state index in [1.807, 2.05) is 0 Å². The van der Waals surface area contributed by atoms with E-state index >= 15 is 0 Å². The molecule has 2 nitrogen and oxygen atoms in total. The van der Waals surface area contributed by atoms with Crippen molar-refractivity contribution in [1.29, 1.82) is 0 Å². The summed E-state index contributed by atoms with van der Waals surface area (Å²) in [5.74, 6) is 0. The zero-order valence-corrected chi connectivity index (χ0v) is 27.4. The average Bonchev–Trinajstić information content (AvgIpc) is 3.89. The summed E-state index contributed by atoms with van der Waals surface area (Å²) >= 11 is 0. The van der Waals surface area contributed by atoms with Gasteiger partial charge in [0, 0.05) is 0 Å². The molecule has 2 fully saturated rings. The van der Waals surface area contributed by atoms with Crippen molar-refractivity contribution < 1.29 is 9.47 Å². The summed E-state index contributed by atoms with van der Waals surface area (Å²) in [6, 6.07) is 0. The van der Waals surface area contributed by atoms with E-state index in [1.165, 1.54) is 218 Å². The van der Waals surface area contributed by atoms with Crippen LogP contribution in [0.5, 0.6) is 0 Å². The first kappa shape index (κ1) is 36.1. The molecule has 0 N–H and O–H groups in total. The lowest BCUT2D eigenvalue weighted by Crippen LogP contribution is -1.86. The Labute approximate surface area is 252 Å². The molecule has 2 heteroatoms. The van der Waals surface area contributed by atoms with Crippen molar-refractivity contribution in [3.63, 3.8) is 0 Å². The predicted octanol–water partition coefficient (Wildman–Crippen LogP) is 13.0. The maximum atomic E-state index is 5.28. The fourth-order valence-corrected chi connectivity index (χ4v) is 6.52. The lowest BCUT2D eigenvalue weighted by Gasteiger charge is -2.05. The summed E-state index contributed by atoms with van der Waals surface area (Å²) in [7, 11) is 0. The molecule has 0 aromatic rings. The van der Waals surface area contributed by atoms with E-state index in [4.69, 9.17) is 9.47 Å². The summed E-state index contributed by atoms with van der Waals surface area (Å²) in [5, 5.41) is 0. The van der Waals surface area contributed by atoms with Crippen LogP contribution in [0.2, 0.25) is 0 Å². The van der Waals surface area contributed by atoms with Gasteiger partial charge in [0.05, 0.1) is 25.4 Å². The third-order valence-corrected chi connectivity index (χ3v) is 9.61. The maximum absolute atomic E-state index is 5.28. The van der Waals surface area contributed by atoms with E-state index < -0.39 is 0 Å². The van der Waals surface area contributed by atoms with Crippen LogP contribution in [0.3, 0.4) is 0 Å². The van der Waals surface area contributed by atoms with Crippen LogP contribution >= 0.6 is 0 Å². The third kappa shape index (κ3) is 28.1. The van der Waals surface area contributed by atoms with E-state index in [2.05, 4.69) is 0 Å². The molecule has 2 aliphatic rings. The average molecular weight is 563 g/mol. The van der Waals surface area contributed by atoms with Gasteiger partial charge >= 0.3 is 0 Å². The molecule has 2 rings (SSSR count). The minimum Gasteiger partial charge on any atom is -0.373 e. The van der Waals surface area contributed by atoms with Crippen molar-refractivity contribution >= 4 is 0 Å². The first-order valence-electron chi connectivity index (χ1n) is 19.2. The second kappa shape index (κ2) is 29.0. The highest BCUT2D eigenvalue weighted by Crippen LogP contribution is 2.20. The van der Waals surface area contributed by atoms with Gasteiger partial charge < -0.3 is 9.47 Å². The minimum atomic E-state index is 0.646. The number of unbranched alkanes of at least 4 members (excludes halogenated alkanes) is 31. The Morgan fingerprint density at radius 2 is 0.350 bits per heavy atom. The molecule has 0 aliphatic carbocycles. The molecule has 0 bridgehead atoms. The van der Waals surface area contributed by atoms with Crippen LogP contribution in [-0.2, 0) is 9.47 Å². The second-order valence-corrected chi connectivity index (χ2v) is 13.8. The molecule has 0 spiro atoms. The summed E-state index contributed by atoms with van der Waals surface area (Å²) in [6.07, 6.45) is 51.0. The Bertz CT molecular complexity index is 440. The SMILES string of the molecule is C(CCCCCCCCCCCCCCCCCC1CO1)CCCCCCCCCCCCCCCCC1CO1. The van der Waals surface area contributed by atoms with Gasteiger partial charge in [0.1, 0.15) is 0 Å². The molecule has 0 saturated carbocycles. The van der Waals surface area contributed by atoms with E-state index in [0.29, 0.717) is 12.2 Å². The van der Waals surface area contributed by atoms with Crippen LogP contribution in [0, 0.1) is 0 Å². The Kier molecular flexibility index (Phi) is 26.2. The van der Waals surface area contributed by atoms with Gasteiger partial charge in [-0.2, -0.15) is 0 Å². The van der Waals surface area contributed by atoms with Crippen LogP contribution in [0.25, 0.3) is 0 Å². The quantitative estimate of drug-likeness (QED) is 0.0567. The van der Waals surface area contributed by atoms with Crippen molar-refractivity contribution in [3.05, 3.63) is 0 Å². The summed E-state index contributed by atoms with van der Waals surface area (Å²) in [4.78, 5) is 0. The van der Waals surface area contributed by atoms with Crippen molar-refractivity contribution in [1.82, 2.24) is 0 Å². The van der Waals surface area contributed by atoms with Gasteiger partial charge in [-0.25, -0.2) is 0 Å². The smallest absolute Gasteiger partial charge is 0.0810 e. The summed E-state index contributed by atoms with van der Waals surface area (Å²) in [6.45, 7) is 2.08. The second-order valence-electron chi connectivity index (χ2n) is 13.8. The van der Waals surface area contributed by atoms with Crippen LogP contribution in [0.4, 0.5) is 0 Å². The van der Waals surface area contributed by atoms with Gasteiger partial charge in [-0.1, -0.05) is 205 Å². The van der Waals surface area contributed by atoms with Gasteiger partial charge in [-0.3, -0.25) is 0 Å². The van der Waals surface area contributed by atoms with Gasteiger partial charge in [0.2, 0.25) is 0 Å². The molecule has 2 heterocycles. The van der Waals surface area contributed by atoms with Crippen molar-refractivity contribution in [3.8, 4) is 0 Å². The first-order valence-corrected chi connectivity index (χ1v) is 19.2. The van der Waals surface area contributed by atoms with Crippen LogP contribution in [0.1, 0.15) is 218 Å². The predicted molar refractivity (Wildman–Crippen MR) is 176 cm³/mol. The monoisotopic (exact) mass is 563 g/mol. The Hall–Kier alpha value is -0.0800. The highest BCUT2D eigenvalue weighted by Gasteiger charge is 2.21. The number of hydrogen-bond donors (Lipinski definition) is 0. The Balaban J connectivity index is 1.10. The van der Waals surface area contributed by atoms with Crippen LogP contribution < -0.4 is 0 Å². The van der Waals surface area contributed by atoms with Gasteiger partial charge in [0.15, 0.2) is 0 Å². The van der Waals surface area contributed by atoms with Crippen molar-refractivity contribution in [2.45, 2.75) is 231 Å². The molecule has 0 radical (unpaired) electrons. The lowest BCUT2D eigenvalue weighted by molar-refractivity contribution is 0.387. The molecule has 0 aromatic carbocycles. The number of rotatable bonds is 35. The number of hydrogen-bond acceptors (Lipinski definition) is 2. The molecular formula is C38H74O2. The third-order valence-electron chi connectivity index (χ3n) is 9.61. The topological polar surface area (TPSA) is 25.1 Å². The summed E-state index contributed by atoms with van der Waals surface area (Å²) < 4.78 is 10.6. The molecule has 40 heavy (non-hydrogen) atoms. The zero-order valence-electron chi connectivity index (χ0n) is 27.4. The Morgan fingerprint density at radius 3 is 0.475 bits per heavy atom. The molecule has 0 aromatic heterocycles. The molecule has 0 amide bonds. The van der Waals surface area contributed by atoms with E-state index in [0.717, 1.165) is 13.2 Å². The Morgan fingerprint density at radius 1 is 0.225 bits per heavy atom. The van der Waals surface area contributed by atoms with Crippen molar-refractivity contribution in [2.75, 3.05) is 13.2 Å². The zero-order chi connectivity index (χ0) is 28.0. The highest BCUT2D eigenvalue weighted by molar-refractivity contribution is 4.68. The normalized spacial score (nSPS) is 18.0.